The molecule has 0 saturated heterocycles. The Hall–Kier alpha value is -1.07. The van der Waals surface area contributed by atoms with E-state index in [9.17, 15) is 8.42 Å². The summed E-state index contributed by atoms with van der Waals surface area (Å²) >= 11 is 0. The average Bonchev–Trinajstić information content (AvgIpc) is 2.27. The molecule has 0 radical (unpaired) electrons. The lowest BCUT2D eigenvalue weighted by atomic mass is 10.1. The molecule has 1 atom stereocenters. The van der Waals surface area contributed by atoms with E-state index in [0.29, 0.717) is 6.54 Å². The normalized spacial score (nSPS) is 13.4. The van der Waals surface area contributed by atoms with Crippen LogP contribution in [0, 0.1) is 0 Å². The summed E-state index contributed by atoms with van der Waals surface area (Å²) in [5.41, 5.74) is 1.08. The van der Waals surface area contributed by atoms with Crippen LogP contribution in [0.4, 0.5) is 0 Å². The van der Waals surface area contributed by atoms with Crippen molar-refractivity contribution >= 4 is 9.84 Å². The predicted molar refractivity (Wildman–Crippen MR) is 69.1 cm³/mol. The van der Waals surface area contributed by atoms with Crippen molar-refractivity contribution in [3.63, 3.8) is 0 Å². The van der Waals surface area contributed by atoms with Crippen LogP contribution in [-0.2, 0) is 9.84 Å². The Balaban J connectivity index is 2.54. The summed E-state index contributed by atoms with van der Waals surface area (Å²) in [5, 5.41) is 3.17. The first-order valence-electron chi connectivity index (χ1n) is 5.47. The van der Waals surface area contributed by atoms with Gasteiger partial charge in [-0.05, 0) is 24.6 Å². The van der Waals surface area contributed by atoms with Crippen LogP contribution in [0.15, 0.2) is 24.3 Å². The Kier molecular flexibility index (Phi) is 4.96. The maximum absolute atomic E-state index is 11.0. The molecule has 96 valence electrons. The first-order chi connectivity index (χ1) is 7.92. The fraction of sp³-hybridized carbons (Fsp3) is 0.500. The van der Waals surface area contributed by atoms with Gasteiger partial charge in [0.25, 0.3) is 0 Å². The van der Waals surface area contributed by atoms with Gasteiger partial charge in [-0.15, -0.1) is 0 Å². The highest BCUT2D eigenvalue weighted by Crippen LogP contribution is 2.18. The molecular formula is C12H19NO3S. The van der Waals surface area contributed by atoms with E-state index in [1.54, 1.807) is 7.11 Å². The lowest BCUT2D eigenvalue weighted by molar-refractivity contribution is 0.413. The summed E-state index contributed by atoms with van der Waals surface area (Å²) in [6.07, 6.45) is 1.24. The number of methoxy groups -OCH3 is 1. The molecule has 0 fully saturated rings. The summed E-state index contributed by atoms with van der Waals surface area (Å²) < 4.78 is 27.1. The molecule has 0 aliphatic rings. The Morgan fingerprint density at radius 3 is 2.71 bits per heavy atom. The third kappa shape index (κ3) is 5.19. The van der Waals surface area contributed by atoms with Gasteiger partial charge in [0.2, 0.25) is 0 Å². The molecule has 17 heavy (non-hydrogen) atoms. The molecule has 4 nitrogen and oxygen atoms in total. The molecule has 0 amide bonds. The smallest absolute Gasteiger partial charge is 0.148 e. The third-order valence-corrected chi connectivity index (χ3v) is 3.46. The van der Waals surface area contributed by atoms with Gasteiger partial charge in [-0.25, -0.2) is 8.42 Å². The maximum Gasteiger partial charge on any atom is 0.148 e. The van der Waals surface area contributed by atoms with E-state index < -0.39 is 9.84 Å². The van der Waals surface area contributed by atoms with Gasteiger partial charge in [0.15, 0.2) is 0 Å². The second-order valence-electron chi connectivity index (χ2n) is 4.08. The van der Waals surface area contributed by atoms with Crippen molar-refractivity contribution in [1.82, 2.24) is 5.32 Å². The van der Waals surface area contributed by atoms with Crippen LogP contribution in [-0.4, -0.2) is 34.1 Å². The van der Waals surface area contributed by atoms with Crippen LogP contribution in [0.3, 0.4) is 0 Å². The lowest BCUT2D eigenvalue weighted by Crippen LogP contribution is -2.25. The molecular weight excluding hydrogens is 238 g/mol. The molecule has 0 bridgehead atoms. The molecule has 0 aliphatic heterocycles. The van der Waals surface area contributed by atoms with Gasteiger partial charge < -0.3 is 10.1 Å². The number of hydrogen-bond donors (Lipinski definition) is 1. The minimum Gasteiger partial charge on any atom is -0.497 e. The number of nitrogens with one attached hydrogen (secondary N) is 1. The Morgan fingerprint density at radius 2 is 2.12 bits per heavy atom. The average molecular weight is 257 g/mol. The van der Waals surface area contributed by atoms with E-state index in [2.05, 4.69) is 5.32 Å². The zero-order chi connectivity index (χ0) is 12.9. The molecule has 0 unspecified atom stereocenters. The van der Waals surface area contributed by atoms with E-state index in [1.165, 1.54) is 6.26 Å². The van der Waals surface area contributed by atoms with E-state index in [0.717, 1.165) is 11.3 Å². The van der Waals surface area contributed by atoms with Gasteiger partial charge in [0.1, 0.15) is 15.6 Å². The molecule has 0 saturated carbocycles. The van der Waals surface area contributed by atoms with Crippen molar-refractivity contribution in [2.75, 3.05) is 25.7 Å². The Morgan fingerprint density at radius 1 is 1.41 bits per heavy atom. The minimum atomic E-state index is -2.90. The van der Waals surface area contributed by atoms with E-state index in [4.69, 9.17) is 4.74 Å². The maximum atomic E-state index is 11.0. The van der Waals surface area contributed by atoms with E-state index in [-0.39, 0.29) is 11.8 Å². The second kappa shape index (κ2) is 6.02. The highest BCUT2D eigenvalue weighted by atomic mass is 32.2. The van der Waals surface area contributed by atoms with E-state index in [1.807, 2.05) is 31.2 Å². The summed E-state index contributed by atoms with van der Waals surface area (Å²) in [6, 6.07) is 7.83. The summed E-state index contributed by atoms with van der Waals surface area (Å²) in [5.74, 6) is 0.959. The largest absolute Gasteiger partial charge is 0.497 e. The van der Waals surface area contributed by atoms with Crippen molar-refractivity contribution in [3.8, 4) is 5.75 Å². The molecule has 1 aromatic rings. The molecule has 1 N–H and O–H groups in total. The van der Waals surface area contributed by atoms with Gasteiger partial charge in [0.05, 0.1) is 12.9 Å². The lowest BCUT2D eigenvalue weighted by Gasteiger charge is -2.14. The van der Waals surface area contributed by atoms with E-state index >= 15 is 0 Å². The van der Waals surface area contributed by atoms with Gasteiger partial charge in [-0.3, -0.25) is 0 Å². The van der Waals surface area contributed by atoms with Crippen molar-refractivity contribution in [2.45, 2.75) is 13.0 Å². The minimum absolute atomic E-state index is 0.104. The highest BCUT2D eigenvalue weighted by Gasteiger charge is 2.07. The quantitative estimate of drug-likeness (QED) is 0.836. The SMILES string of the molecule is COc1cccc([C@@H](C)NCCS(C)(=O)=O)c1. The first-order valence-corrected chi connectivity index (χ1v) is 7.53. The molecule has 1 aromatic carbocycles. The van der Waals surface area contributed by atoms with Gasteiger partial charge >= 0.3 is 0 Å². The Labute approximate surface area is 103 Å². The monoisotopic (exact) mass is 257 g/mol. The van der Waals surface area contributed by atoms with Crippen molar-refractivity contribution in [3.05, 3.63) is 29.8 Å². The van der Waals surface area contributed by atoms with Crippen molar-refractivity contribution in [2.24, 2.45) is 0 Å². The standard InChI is InChI=1S/C12H19NO3S/c1-10(13-7-8-17(3,14)15)11-5-4-6-12(9-11)16-2/h4-6,9-10,13H,7-8H2,1-3H3/t10-/m1/s1. The fourth-order valence-corrected chi connectivity index (χ4v) is 1.98. The molecule has 0 aliphatic carbocycles. The van der Waals surface area contributed by atoms with Crippen LogP contribution in [0.25, 0.3) is 0 Å². The fourth-order valence-electron chi connectivity index (χ4n) is 1.49. The van der Waals surface area contributed by atoms with Crippen LogP contribution in [0.1, 0.15) is 18.5 Å². The first kappa shape index (κ1) is 14.0. The zero-order valence-corrected chi connectivity index (χ0v) is 11.3. The van der Waals surface area contributed by atoms with Crippen LogP contribution in [0.2, 0.25) is 0 Å². The van der Waals surface area contributed by atoms with Crippen molar-refractivity contribution < 1.29 is 13.2 Å². The summed E-state index contributed by atoms with van der Waals surface area (Å²) in [6.45, 7) is 2.45. The number of hydrogen-bond acceptors (Lipinski definition) is 4. The number of sulfone groups is 1. The van der Waals surface area contributed by atoms with Crippen LogP contribution >= 0.6 is 0 Å². The van der Waals surface area contributed by atoms with Gasteiger partial charge in [-0.1, -0.05) is 12.1 Å². The second-order valence-corrected chi connectivity index (χ2v) is 6.34. The molecule has 1 rings (SSSR count). The topological polar surface area (TPSA) is 55.4 Å². The summed E-state index contributed by atoms with van der Waals surface area (Å²) in [4.78, 5) is 0. The van der Waals surface area contributed by atoms with Gasteiger partial charge in [-0.2, -0.15) is 0 Å². The highest BCUT2D eigenvalue weighted by molar-refractivity contribution is 7.90. The molecule has 0 heterocycles. The summed E-state index contributed by atoms with van der Waals surface area (Å²) in [7, 11) is -1.28. The molecule has 0 spiro atoms. The van der Waals surface area contributed by atoms with Crippen LogP contribution in [0.5, 0.6) is 5.75 Å². The zero-order valence-electron chi connectivity index (χ0n) is 10.4. The molecule has 0 aromatic heterocycles. The van der Waals surface area contributed by atoms with Crippen LogP contribution < -0.4 is 10.1 Å². The number of rotatable bonds is 6. The number of benzene rings is 1. The predicted octanol–water partition coefficient (Wildman–Crippen LogP) is 1.39. The Bertz CT molecular complexity index is 457. The van der Waals surface area contributed by atoms with Crippen molar-refractivity contribution in [1.29, 1.82) is 0 Å². The number of ether oxygens (including phenoxy) is 1. The molecule has 5 heteroatoms. The van der Waals surface area contributed by atoms with Gasteiger partial charge in [0, 0.05) is 18.8 Å². The third-order valence-electron chi connectivity index (χ3n) is 2.52.